The number of rotatable bonds is 5. The number of hydrogen-bond donors (Lipinski definition) is 3. The molecule has 3 amide bonds. The maximum absolute atomic E-state index is 13.2. The van der Waals surface area contributed by atoms with Crippen LogP contribution in [0.4, 0.5) is 0 Å². The van der Waals surface area contributed by atoms with E-state index in [1.165, 1.54) is 11.8 Å². The topological polar surface area (TPSA) is 123 Å². The molecule has 1 aliphatic heterocycles. The monoisotopic (exact) mass is 414 g/mol. The Balaban J connectivity index is 2.17. The summed E-state index contributed by atoms with van der Waals surface area (Å²) < 4.78 is 0. The summed E-state index contributed by atoms with van der Waals surface area (Å²) in [5.74, 6) is -1.09. The Labute approximate surface area is 177 Å². The molecule has 1 heterocycles. The molecule has 1 fully saturated rings. The van der Waals surface area contributed by atoms with E-state index in [9.17, 15) is 19.5 Å². The van der Waals surface area contributed by atoms with Crippen LogP contribution >= 0.6 is 0 Å². The molecule has 1 aromatic carbocycles. The number of likely N-dealkylation sites (tertiary alicyclic amines) is 1. The number of β-amino-alcohol motifs (C(OH)–C–C–N with tert-alkyl or cyclic N) is 1. The van der Waals surface area contributed by atoms with Crippen LogP contribution in [0.5, 0.6) is 0 Å². The number of carbonyl (C=O) groups is 3. The maximum atomic E-state index is 13.2. The molecule has 0 bridgehead atoms. The van der Waals surface area contributed by atoms with E-state index in [0.29, 0.717) is 5.56 Å². The summed E-state index contributed by atoms with van der Waals surface area (Å²) in [6, 6.07) is 6.95. The molecule has 0 aliphatic carbocycles. The predicted molar refractivity (Wildman–Crippen MR) is 111 cm³/mol. The summed E-state index contributed by atoms with van der Waals surface area (Å²) in [5.41, 5.74) is 0.788. The van der Waals surface area contributed by atoms with Gasteiger partial charge in [0.1, 0.15) is 12.1 Å². The van der Waals surface area contributed by atoms with Crippen molar-refractivity contribution in [3.8, 4) is 6.07 Å². The fraction of sp³-hybridized carbons (Fsp3) is 0.545. The Morgan fingerprint density at radius 1 is 1.20 bits per heavy atom. The average Bonchev–Trinajstić information content (AvgIpc) is 3.06. The van der Waals surface area contributed by atoms with Gasteiger partial charge in [-0.05, 0) is 30.0 Å². The molecular formula is C22H30N4O4. The SMILES string of the molecule is CC(=O)NC(C(=O)N1CC(O)CC1C(=O)NC(C)c1ccc(C#N)cc1)C(C)(C)C. The summed E-state index contributed by atoms with van der Waals surface area (Å²) in [4.78, 5) is 39.1. The second-order valence-electron chi connectivity index (χ2n) is 8.86. The molecule has 0 radical (unpaired) electrons. The van der Waals surface area contributed by atoms with E-state index in [1.807, 2.05) is 33.8 Å². The second-order valence-corrected chi connectivity index (χ2v) is 8.86. The van der Waals surface area contributed by atoms with Gasteiger partial charge in [0.2, 0.25) is 17.7 Å². The van der Waals surface area contributed by atoms with Gasteiger partial charge in [-0.1, -0.05) is 32.9 Å². The number of carbonyl (C=O) groups excluding carboxylic acids is 3. The Hall–Kier alpha value is -2.92. The molecule has 2 rings (SSSR count). The molecule has 162 valence electrons. The molecule has 1 aliphatic rings. The van der Waals surface area contributed by atoms with Gasteiger partial charge in [0.25, 0.3) is 0 Å². The summed E-state index contributed by atoms with van der Waals surface area (Å²) in [7, 11) is 0. The van der Waals surface area contributed by atoms with Crippen molar-refractivity contribution in [1.29, 1.82) is 5.26 Å². The lowest BCUT2D eigenvalue weighted by molar-refractivity contribution is -0.144. The first-order valence-corrected chi connectivity index (χ1v) is 10.00. The molecule has 4 unspecified atom stereocenters. The van der Waals surface area contributed by atoms with Gasteiger partial charge in [-0.25, -0.2) is 0 Å². The highest BCUT2D eigenvalue weighted by atomic mass is 16.3. The highest BCUT2D eigenvalue weighted by molar-refractivity contribution is 5.93. The second kappa shape index (κ2) is 9.26. The molecule has 30 heavy (non-hydrogen) atoms. The van der Waals surface area contributed by atoms with Gasteiger partial charge in [-0.3, -0.25) is 14.4 Å². The summed E-state index contributed by atoms with van der Waals surface area (Å²) in [5, 5.41) is 24.6. The van der Waals surface area contributed by atoms with E-state index in [1.54, 1.807) is 24.3 Å². The molecule has 0 spiro atoms. The highest BCUT2D eigenvalue weighted by Crippen LogP contribution is 2.26. The number of benzene rings is 1. The zero-order valence-electron chi connectivity index (χ0n) is 18.1. The molecule has 0 aromatic heterocycles. The molecule has 4 atom stereocenters. The normalized spacial score (nSPS) is 20.8. The van der Waals surface area contributed by atoms with Crippen molar-refractivity contribution in [1.82, 2.24) is 15.5 Å². The van der Waals surface area contributed by atoms with Crippen LogP contribution in [-0.4, -0.2) is 52.5 Å². The van der Waals surface area contributed by atoms with E-state index < -0.39 is 23.6 Å². The van der Waals surface area contributed by atoms with Gasteiger partial charge in [-0.2, -0.15) is 5.26 Å². The summed E-state index contributed by atoms with van der Waals surface area (Å²) >= 11 is 0. The highest BCUT2D eigenvalue weighted by Gasteiger charge is 2.44. The average molecular weight is 415 g/mol. The summed E-state index contributed by atoms with van der Waals surface area (Å²) in [6.07, 6.45) is -0.679. The molecule has 1 saturated heterocycles. The van der Waals surface area contributed by atoms with E-state index in [4.69, 9.17) is 5.26 Å². The number of hydrogen-bond acceptors (Lipinski definition) is 5. The Morgan fingerprint density at radius 3 is 2.30 bits per heavy atom. The van der Waals surface area contributed by atoms with Gasteiger partial charge in [0.15, 0.2) is 0 Å². The minimum atomic E-state index is -0.827. The first kappa shape index (κ1) is 23.4. The quantitative estimate of drug-likeness (QED) is 0.669. The van der Waals surface area contributed by atoms with Gasteiger partial charge in [-0.15, -0.1) is 0 Å². The number of aliphatic hydroxyl groups is 1. The maximum Gasteiger partial charge on any atom is 0.246 e. The third-order valence-corrected chi connectivity index (χ3v) is 5.22. The number of nitrogens with one attached hydrogen (secondary N) is 2. The van der Waals surface area contributed by atoms with Crippen molar-refractivity contribution in [2.24, 2.45) is 5.41 Å². The van der Waals surface area contributed by atoms with Crippen LogP contribution < -0.4 is 10.6 Å². The van der Waals surface area contributed by atoms with Crippen molar-refractivity contribution in [2.75, 3.05) is 6.54 Å². The molecule has 8 heteroatoms. The third-order valence-electron chi connectivity index (χ3n) is 5.22. The predicted octanol–water partition coefficient (Wildman–Crippen LogP) is 1.25. The van der Waals surface area contributed by atoms with Crippen LogP contribution in [0.3, 0.4) is 0 Å². The number of aliphatic hydroxyl groups excluding tert-OH is 1. The lowest BCUT2D eigenvalue weighted by atomic mass is 9.85. The van der Waals surface area contributed by atoms with Crippen LogP contribution in [0.1, 0.15) is 58.2 Å². The van der Waals surface area contributed by atoms with Crippen LogP contribution in [0.15, 0.2) is 24.3 Å². The van der Waals surface area contributed by atoms with E-state index in [-0.39, 0.29) is 36.7 Å². The van der Waals surface area contributed by atoms with Crippen molar-refractivity contribution >= 4 is 17.7 Å². The smallest absolute Gasteiger partial charge is 0.246 e. The van der Waals surface area contributed by atoms with Crippen LogP contribution in [-0.2, 0) is 14.4 Å². The minimum absolute atomic E-state index is 0.0360. The Bertz CT molecular complexity index is 838. The Kier molecular flexibility index (Phi) is 7.21. The van der Waals surface area contributed by atoms with Gasteiger partial charge >= 0.3 is 0 Å². The number of amides is 3. The zero-order valence-corrected chi connectivity index (χ0v) is 18.1. The van der Waals surface area contributed by atoms with Gasteiger partial charge < -0.3 is 20.6 Å². The van der Waals surface area contributed by atoms with Gasteiger partial charge in [0.05, 0.1) is 23.8 Å². The first-order valence-electron chi connectivity index (χ1n) is 10.00. The number of nitrogens with zero attached hydrogens (tertiary/aromatic N) is 2. The third kappa shape index (κ3) is 5.57. The fourth-order valence-electron chi connectivity index (χ4n) is 3.56. The van der Waals surface area contributed by atoms with E-state index in [0.717, 1.165) is 5.56 Å². The first-order chi connectivity index (χ1) is 13.9. The number of nitriles is 1. The van der Waals surface area contributed by atoms with E-state index in [2.05, 4.69) is 10.6 Å². The standard InChI is InChI=1S/C22H30N4O4/c1-13(16-8-6-15(11-23)7-9-16)24-20(29)18-10-17(28)12-26(18)21(30)19(22(3,4)5)25-14(2)27/h6-9,13,17-19,28H,10,12H2,1-5H3,(H,24,29)(H,25,27). The minimum Gasteiger partial charge on any atom is -0.391 e. The lowest BCUT2D eigenvalue weighted by Gasteiger charge is -2.35. The summed E-state index contributed by atoms with van der Waals surface area (Å²) in [6.45, 7) is 8.69. The molecule has 3 N–H and O–H groups in total. The van der Waals surface area contributed by atoms with Gasteiger partial charge in [0, 0.05) is 19.9 Å². The van der Waals surface area contributed by atoms with Crippen molar-refractivity contribution in [2.45, 2.75) is 65.3 Å². The fourth-order valence-corrected chi connectivity index (χ4v) is 3.56. The van der Waals surface area contributed by atoms with Crippen LogP contribution in [0.25, 0.3) is 0 Å². The molecule has 1 aromatic rings. The van der Waals surface area contributed by atoms with Crippen molar-refractivity contribution in [3.63, 3.8) is 0 Å². The van der Waals surface area contributed by atoms with E-state index >= 15 is 0 Å². The Morgan fingerprint density at radius 2 is 1.80 bits per heavy atom. The van der Waals surface area contributed by atoms with Crippen molar-refractivity contribution in [3.05, 3.63) is 35.4 Å². The molecule has 0 saturated carbocycles. The molecular weight excluding hydrogens is 384 g/mol. The van der Waals surface area contributed by atoms with Crippen LogP contribution in [0.2, 0.25) is 0 Å². The van der Waals surface area contributed by atoms with Crippen molar-refractivity contribution < 1.29 is 19.5 Å². The molecule has 8 nitrogen and oxygen atoms in total. The largest absolute Gasteiger partial charge is 0.391 e. The zero-order chi connectivity index (χ0) is 22.6. The van der Waals surface area contributed by atoms with Crippen LogP contribution in [0, 0.1) is 16.7 Å². The lowest BCUT2D eigenvalue weighted by Crippen LogP contribution is -2.57.